The summed E-state index contributed by atoms with van der Waals surface area (Å²) in [4.78, 5) is 16.9. The van der Waals surface area contributed by atoms with Crippen molar-refractivity contribution < 1.29 is 14.3 Å². The van der Waals surface area contributed by atoms with E-state index in [2.05, 4.69) is 10.00 Å². The summed E-state index contributed by atoms with van der Waals surface area (Å²) in [5, 5.41) is 4.57. The summed E-state index contributed by atoms with van der Waals surface area (Å²) in [6, 6.07) is 11.2. The predicted molar refractivity (Wildman–Crippen MR) is 104 cm³/mol. The van der Waals surface area contributed by atoms with Gasteiger partial charge in [0.25, 0.3) is 5.91 Å². The molecule has 2 aliphatic rings. The third-order valence-corrected chi connectivity index (χ3v) is 5.51. The van der Waals surface area contributed by atoms with Crippen LogP contribution < -0.4 is 9.47 Å². The van der Waals surface area contributed by atoms with Crippen LogP contribution in [0.1, 0.15) is 10.4 Å². The molecule has 0 unspecified atom stereocenters. The number of nitrogens with zero attached hydrogens (tertiary/aromatic N) is 5. The second-order valence-corrected chi connectivity index (χ2v) is 7.20. The van der Waals surface area contributed by atoms with Gasteiger partial charge in [-0.1, -0.05) is 6.07 Å². The van der Waals surface area contributed by atoms with Gasteiger partial charge in [0.1, 0.15) is 0 Å². The molecule has 144 valence electrons. The summed E-state index contributed by atoms with van der Waals surface area (Å²) in [5.41, 5.74) is 1.46. The number of carbonyl (C=O) groups is 1. The fourth-order valence-electron chi connectivity index (χ4n) is 3.55. The van der Waals surface area contributed by atoms with Gasteiger partial charge in [-0.15, -0.1) is 0 Å². The number of hydrogen-bond donors (Lipinski definition) is 0. The number of rotatable bonds is 3. The van der Waals surface area contributed by atoms with E-state index < -0.39 is 0 Å². The normalized spacial score (nSPS) is 16.6. The first-order chi connectivity index (χ1) is 13.7. The minimum atomic E-state index is 0.0160. The molecule has 3 aromatic rings. The van der Waals surface area contributed by atoms with Gasteiger partial charge in [0.05, 0.1) is 6.67 Å². The van der Waals surface area contributed by atoms with Crippen molar-refractivity contribution in [2.75, 3.05) is 33.0 Å². The lowest BCUT2D eigenvalue weighted by Gasteiger charge is -2.34. The Hall–Kier alpha value is -2.91. The van der Waals surface area contributed by atoms with Gasteiger partial charge in [0.15, 0.2) is 17.1 Å². The van der Waals surface area contributed by atoms with Crippen molar-refractivity contribution in [1.29, 1.82) is 0 Å². The van der Waals surface area contributed by atoms with Crippen LogP contribution in [0.4, 0.5) is 0 Å². The van der Waals surface area contributed by atoms with Crippen molar-refractivity contribution in [2.45, 2.75) is 6.67 Å². The number of amides is 1. The highest BCUT2D eigenvalue weighted by Gasteiger charge is 2.24. The lowest BCUT2D eigenvalue weighted by atomic mass is 10.1. The molecule has 5 rings (SSSR count). The largest absolute Gasteiger partial charge is 0.454 e. The molecule has 0 N–H and O–H groups in total. The molecule has 4 heterocycles. The van der Waals surface area contributed by atoms with E-state index in [4.69, 9.17) is 21.7 Å². The zero-order valence-electron chi connectivity index (χ0n) is 15.2. The van der Waals surface area contributed by atoms with Crippen molar-refractivity contribution in [3.05, 3.63) is 52.9 Å². The number of hydrogen-bond acceptors (Lipinski definition) is 6. The maximum atomic E-state index is 12.8. The molecule has 9 heteroatoms. The van der Waals surface area contributed by atoms with Crippen LogP contribution in [0.25, 0.3) is 5.65 Å². The molecule has 0 atom stereocenters. The minimum absolute atomic E-state index is 0.0160. The summed E-state index contributed by atoms with van der Waals surface area (Å²) in [6.07, 6.45) is 1.92. The maximum absolute atomic E-state index is 12.8. The molecule has 2 aromatic heterocycles. The second kappa shape index (κ2) is 6.92. The Kier molecular flexibility index (Phi) is 4.25. The fraction of sp³-hybridized carbons (Fsp3) is 0.316. The molecule has 0 saturated carbocycles. The van der Waals surface area contributed by atoms with Crippen LogP contribution in [-0.2, 0) is 6.67 Å². The van der Waals surface area contributed by atoms with E-state index in [-0.39, 0.29) is 12.7 Å². The highest BCUT2D eigenvalue weighted by atomic mass is 32.1. The highest BCUT2D eigenvalue weighted by molar-refractivity contribution is 7.71. The van der Waals surface area contributed by atoms with Crippen LogP contribution in [0.2, 0.25) is 0 Å². The number of piperazine rings is 1. The SMILES string of the molecule is O=C(c1ccc2c(c1)OCO2)N1CCN(Cn2nc3ccccn3c2=S)CC1. The Morgan fingerprint density at radius 2 is 1.89 bits per heavy atom. The molecule has 1 amide bonds. The van der Waals surface area contributed by atoms with Crippen LogP contribution in [0.15, 0.2) is 42.6 Å². The molecule has 0 spiro atoms. The van der Waals surface area contributed by atoms with E-state index >= 15 is 0 Å². The molecule has 28 heavy (non-hydrogen) atoms. The topological polar surface area (TPSA) is 64.2 Å². The zero-order valence-corrected chi connectivity index (χ0v) is 16.0. The van der Waals surface area contributed by atoms with Gasteiger partial charge in [0.2, 0.25) is 11.6 Å². The molecule has 0 aliphatic carbocycles. The Balaban J connectivity index is 1.24. The fourth-order valence-corrected chi connectivity index (χ4v) is 3.81. The van der Waals surface area contributed by atoms with E-state index in [1.165, 1.54) is 0 Å². The third-order valence-electron chi connectivity index (χ3n) is 5.10. The van der Waals surface area contributed by atoms with Crippen LogP contribution >= 0.6 is 12.2 Å². The van der Waals surface area contributed by atoms with E-state index in [9.17, 15) is 4.79 Å². The van der Waals surface area contributed by atoms with Gasteiger partial charge in [0, 0.05) is 37.9 Å². The summed E-state index contributed by atoms with van der Waals surface area (Å²) < 4.78 is 15.1. The number of ether oxygens (including phenoxy) is 2. The second-order valence-electron chi connectivity index (χ2n) is 6.83. The predicted octanol–water partition coefficient (Wildman–Crippen LogP) is 2.01. The van der Waals surface area contributed by atoms with Gasteiger partial charge in [-0.3, -0.25) is 14.1 Å². The van der Waals surface area contributed by atoms with Gasteiger partial charge in [-0.2, -0.15) is 5.10 Å². The Morgan fingerprint density at radius 1 is 1.07 bits per heavy atom. The molecule has 1 fully saturated rings. The minimum Gasteiger partial charge on any atom is -0.454 e. The lowest BCUT2D eigenvalue weighted by molar-refractivity contribution is 0.0585. The lowest BCUT2D eigenvalue weighted by Crippen LogP contribution is -2.49. The summed E-state index contributed by atoms with van der Waals surface area (Å²) in [5.74, 6) is 1.33. The molecular weight excluding hydrogens is 378 g/mol. The van der Waals surface area contributed by atoms with E-state index in [1.807, 2.05) is 38.4 Å². The van der Waals surface area contributed by atoms with E-state index in [1.54, 1.807) is 18.2 Å². The van der Waals surface area contributed by atoms with Crippen molar-refractivity contribution in [3.8, 4) is 11.5 Å². The van der Waals surface area contributed by atoms with Crippen LogP contribution in [0.5, 0.6) is 11.5 Å². The Bertz CT molecular complexity index is 1100. The number of aromatic nitrogens is 3. The Labute approximate surface area is 166 Å². The van der Waals surface area contributed by atoms with Crippen LogP contribution in [-0.4, -0.2) is 62.9 Å². The number of fused-ring (bicyclic) bond motifs is 2. The molecule has 8 nitrogen and oxygen atoms in total. The summed E-state index contributed by atoms with van der Waals surface area (Å²) in [6.45, 7) is 3.68. The average molecular weight is 397 g/mol. The monoisotopic (exact) mass is 397 g/mol. The number of pyridine rings is 1. The zero-order chi connectivity index (χ0) is 19.1. The number of benzene rings is 1. The molecule has 0 bridgehead atoms. The van der Waals surface area contributed by atoms with Gasteiger partial charge in [-0.25, -0.2) is 4.68 Å². The van der Waals surface area contributed by atoms with Crippen molar-refractivity contribution in [2.24, 2.45) is 0 Å². The van der Waals surface area contributed by atoms with E-state index in [0.717, 1.165) is 18.7 Å². The Morgan fingerprint density at radius 3 is 2.71 bits per heavy atom. The first-order valence-corrected chi connectivity index (χ1v) is 9.55. The molecule has 1 saturated heterocycles. The van der Waals surface area contributed by atoms with E-state index in [0.29, 0.717) is 41.6 Å². The smallest absolute Gasteiger partial charge is 0.254 e. The average Bonchev–Trinajstić information content (AvgIpc) is 3.32. The third kappa shape index (κ3) is 3.02. The highest BCUT2D eigenvalue weighted by Crippen LogP contribution is 2.32. The molecule has 2 aliphatic heterocycles. The van der Waals surface area contributed by atoms with Crippen LogP contribution in [0, 0.1) is 4.77 Å². The summed E-state index contributed by atoms with van der Waals surface area (Å²) >= 11 is 5.51. The first kappa shape index (κ1) is 17.2. The number of carbonyl (C=O) groups excluding carboxylic acids is 1. The van der Waals surface area contributed by atoms with Crippen molar-refractivity contribution in [1.82, 2.24) is 24.0 Å². The van der Waals surface area contributed by atoms with Crippen LogP contribution in [0.3, 0.4) is 0 Å². The first-order valence-electron chi connectivity index (χ1n) is 9.14. The van der Waals surface area contributed by atoms with Gasteiger partial charge in [-0.05, 0) is 42.5 Å². The maximum Gasteiger partial charge on any atom is 0.254 e. The quantitative estimate of drug-likeness (QED) is 0.630. The molecular formula is C19H19N5O3S. The van der Waals surface area contributed by atoms with Gasteiger partial charge < -0.3 is 14.4 Å². The van der Waals surface area contributed by atoms with Crippen molar-refractivity contribution >= 4 is 23.8 Å². The molecule has 1 aromatic carbocycles. The molecule has 0 radical (unpaired) electrons. The standard InChI is InChI=1S/C19H19N5O3S/c25-18(14-4-5-15-16(11-14)27-13-26-15)22-9-7-21(8-10-22)12-24-19(28)23-6-2-1-3-17(23)20-24/h1-6,11H,7-10,12-13H2. The van der Waals surface area contributed by atoms with Crippen molar-refractivity contribution in [3.63, 3.8) is 0 Å². The summed E-state index contributed by atoms with van der Waals surface area (Å²) in [7, 11) is 0. The van der Waals surface area contributed by atoms with Gasteiger partial charge >= 0.3 is 0 Å².